The van der Waals surface area contributed by atoms with Crippen LogP contribution in [0.5, 0.6) is 5.75 Å². The van der Waals surface area contributed by atoms with Crippen molar-refractivity contribution in [3.63, 3.8) is 0 Å². The van der Waals surface area contributed by atoms with Gasteiger partial charge in [-0.05, 0) is 29.8 Å². The Morgan fingerprint density at radius 1 is 1.22 bits per heavy atom. The predicted molar refractivity (Wildman–Crippen MR) is 78.4 cm³/mol. The number of thioether (sulfide) groups is 1. The molecule has 2 N–H and O–H groups in total. The summed E-state index contributed by atoms with van der Waals surface area (Å²) in [6, 6.07) is 13.7. The Bertz CT molecular complexity index is 545. The zero-order valence-corrected chi connectivity index (χ0v) is 11.6. The highest BCUT2D eigenvalue weighted by Crippen LogP contribution is 2.31. The molecule has 0 aliphatic rings. The first-order valence-corrected chi connectivity index (χ1v) is 6.87. The molecule has 2 aromatic rings. The lowest BCUT2D eigenvalue weighted by Crippen LogP contribution is -1.93. The maximum atomic E-state index is 6.10. The van der Waals surface area contributed by atoms with E-state index in [4.69, 9.17) is 22.1 Å². The van der Waals surface area contributed by atoms with Crippen molar-refractivity contribution in [3.05, 3.63) is 53.1 Å². The Hall–Kier alpha value is -1.32. The van der Waals surface area contributed by atoms with Crippen LogP contribution in [0.2, 0.25) is 5.02 Å². The third-order valence-corrected chi connectivity index (χ3v) is 4.11. The smallest absolute Gasteiger partial charge is 0.141 e. The molecule has 0 aromatic heterocycles. The third kappa shape index (κ3) is 3.12. The molecular formula is C14H14ClNOS. The molecule has 0 aliphatic carbocycles. The van der Waals surface area contributed by atoms with Crippen molar-refractivity contribution in [2.24, 2.45) is 0 Å². The van der Waals surface area contributed by atoms with Gasteiger partial charge in [-0.1, -0.05) is 29.8 Å². The molecule has 0 saturated heterocycles. The molecule has 0 amide bonds. The van der Waals surface area contributed by atoms with Crippen molar-refractivity contribution >= 4 is 29.1 Å². The first-order valence-electron chi connectivity index (χ1n) is 5.50. The average molecular weight is 280 g/mol. The van der Waals surface area contributed by atoms with Gasteiger partial charge in [0.25, 0.3) is 0 Å². The van der Waals surface area contributed by atoms with Gasteiger partial charge in [-0.15, -0.1) is 11.8 Å². The van der Waals surface area contributed by atoms with Crippen molar-refractivity contribution in [2.75, 3.05) is 12.8 Å². The van der Waals surface area contributed by atoms with Gasteiger partial charge in [0.1, 0.15) is 5.75 Å². The van der Waals surface area contributed by atoms with Crippen LogP contribution in [0.15, 0.2) is 47.4 Å². The third-order valence-electron chi connectivity index (χ3n) is 2.53. The Balaban J connectivity index is 2.07. The highest BCUT2D eigenvalue weighted by molar-refractivity contribution is 7.98. The molecule has 0 radical (unpaired) electrons. The first kappa shape index (κ1) is 13.1. The molecule has 0 bridgehead atoms. The van der Waals surface area contributed by atoms with Crippen LogP contribution in [-0.4, -0.2) is 7.11 Å². The topological polar surface area (TPSA) is 35.2 Å². The molecular weight excluding hydrogens is 266 g/mol. The van der Waals surface area contributed by atoms with Crippen molar-refractivity contribution in [2.45, 2.75) is 10.6 Å². The number of benzene rings is 2. The van der Waals surface area contributed by atoms with Crippen LogP contribution in [0.4, 0.5) is 5.69 Å². The van der Waals surface area contributed by atoms with E-state index in [1.54, 1.807) is 18.9 Å². The van der Waals surface area contributed by atoms with Crippen molar-refractivity contribution < 1.29 is 4.74 Å². The van der Waals surface area contributed by atoms with Gasteiger partial charge < -0.3 is 10.5 Å². The van der Waals surface area contributed by atoms with Gasteiger partial charge in [0.05, 0.1) is 17.8 Å². The summed E-state index contributed by atoms with van der Waals surface area (Å²) in [5, 5.41) is 0.781. The summed E-state index contributed by atoms with van der Waals surface area (Å²) in [5.41, 5.74) is 7.68. The van der Waals surface area contributed by atoms with Crippen molar-refractivity contribution in [1.29, 1.82) is 0 Å². The lowest BCUT2D eigenvalue weighted by molar-refractivity contribution is 0.417. The highest BCUT2D eigenvalue weighted by atomic mass is 35.5. The molecule has 94 valence electrons. The number of ether oxygens (including phenoxy) is 1. The number of anilines is 1. The second-order valence-electron chi connectivity index (χ2n) is 3.80. The van der Waals surface area contributed by atoms with E-state index in [0.717, 1.165) is 21.2 Å². The maximum Gasteiger partial charge on any atom is 0.141 e. The first-order chi connectivity index (χ1) is 8.70. The van der Waals surface area contributed by atoms with Crippen molar-refractivity contribution in [1.82, 2.24) is 0 Å². The SMILES string of the molecule is COc1ccc(CSc2ccccc2Cl)cc1N. The van der Waals surface area contributed by atoms with Crippen LogP contribution in [0.25, 0.3) is 0 Å². The van der Waals surface area contributed by atoms with E-state index < -0.39 is 0 Å². The minimum absolute atomic E-state index is 0.662. The van der Waals surface area contributed by atoms with E-state index in [1.807, 2.05) is 42.5 Å². The fourth-order valence-electron chi connectivity index (χ4n) is 1.60. The lowest BCUT2D eigenvalue weighted by Gasteiger charge is -2.07. The standard InChI is InChI=1S/C14H14ClNOS/c1-17-13-7-6-10(8-12(13)16)9-18-14-5-3-2-4-11(14)15/h2-8H,9,16H2,1H3. The lowest BCUT2D eigenvalue weighted by atomic mass is 10.2. The van der Waals surface area contributed by atoms with Crippen LogP contribution in [-0.2, 0) is 5.75 Å². The molecule has 18 heavy (non-hydrogen) atoms. The van der Waals surface area contributed by atoms with E-state index in [0.29, 0.717) is 11.4 Å². The van der Waals surface area contributed by atoms with E-state index in [9.17, 15) is 0 Å². The van der Waals surface area contributed by atoms with Crippen LogP contribution < -0.4 is 10.5 Å². The number of nitrogens with two attached hydrogens (primary N) is 1. The Morgan fingerprint density at radius 2 is 2.00 bits per heavy atom. The summed E-state index contributed by atoms with van der Waals surface area (Å²) >= 11 is 7.80. The van der Waals surface area contributed by atoms with E-state index in [-0.39, 0.29) is 0 Å². The van der Waals surface area contributed by atoms with E-state index >= 15 is 0 Å². The number of hydrogen-bond donors (Lipinski definition) is 1. The number of methoxy groups -OCH3 is 1. The Labute approximate surface area is 116 Å². The molecule has 0 atom stereocenters. The zero-order valence-electron chi connectivity index (χ0n) is 10.0. The number of halogens is 1. The Kier molecular flexibility index (Phi) is 4.39. The molecule has 0 heterocycles. The number of hydrogen-bond acceptors (Lipinski definition) is 3. The molecule has 2 rings (SSSR count). The largest absolute Gasteiger partial charge is 0.495 e. The summed E-state index contributed by atoms with van der Waals surface area (Å²) in [5.74, 6) is 1.54. The summed E-state index contributed by atoms with van der Waals surface area (Å²) in [7, 11) is 1.61. The fraction of sp³-hybridized carbons (Fsp3) is 0.143. The normalized spacial score (nSPS) is 10.3. The number of nitrogen functional groups attached to an aromatic ring is 1. The summed E-state index contributed by atoms with van der Waals surface area (Å²) in [6.45, 7) is 0. The maximum absolute atomic E-state index is 6.10. The predicted octanol–water partition coefficient (Wildman–Crippen LogP) is 4.22. The summed E-state index contributed by atoms with van der Waals surface area (Å²) in [4.78, 5) is 1.08. The summed E-state index contributed by atoms with van der Waals surface area (Å²) < 4.78 is 5.13. The van der Waals surface area contributed by atoms with Crippen LogP contribution in [0.1, 0.15) is 5.56 Å². The molecule has 2 aromatic carbocycles. The second-order valence-corrected chi connectivity index (χ2v) is 5.22. The fourth-order valence-corrected chi connectivity index (χ4v) is 2.78. The molecule has 0 saturated carbocycles. The average Bonchev–Trinajstić information content (AvgIpc) is 2.38. The molecule has 0 fully saturated rings. The van der Waals surface area contributed by atoms with Gasteiger partial charge in [0, 0.05) is 10.6 Å². The van der Waals surface area contributed by atoms with E-state index in [2.05, 4.69) is 0 Å². The quantitative estimate of drug-likeness (QED) is 0.672. The second kappa shape index (κ2) is 6.03. The van der Waals surface area contributed by atoms with E-state index in [1.165, 1.54) is 0 Å². The Morgan fingerprint density at radius 3 is 2.67 bits per heavy atom. The molecule has 0 unspecified atom stereocenters. The van der Waals surface area contributed by atoms with Gasteiger partial charge in [-0.3, -0.25) is 0 Å². The van der Waals surface area contributed by atoms with Crippen LogP contribution >= 0.6 is 23.4 Å². The minimum Gasteiger partial charge on any atom is -0.495 e. The van der Waals surface area contributed by atoms with Gasteiger partial charge in [0.2, 0.25) is 0 Å². The molecule has 0 spiro atoms. The summed E-state index contributed by atoms with van der Waals surface area (Å²) in [6.07, 6.45) is 0. The van der Waals surface area contributed by atoms with Gasteiger partial charge in [-0.25, -0.2) is 0 Å². The van der Waals surface area contributed by atoms with Crippen LogP contribution in [0.3, 0.4) is 0 Å². The monoisotopic (exact) mass is 279 g/mol. The highest BCUT2D eigenvalue weighted by Gasteiger charge is 2.03. The number of rotatable bonds is 4. The van der Waals surface area contributed by atoms with Gasteiger partial charge >= 0.3 is 0 Å². The van der Waals surface area contributed by atoms with Crippen LogP contribution in [0, 0.1) is 0 Å². The van der Waals surface area contributed by atoms with Gasteiger partial charge in [0.15, 0.2) is 0 Å². The van der Waals surface area contributed by atoms with Gasteiger partial charge in [-0.2, -0.15) is 0 Å². The minimum atomic E-state index is 0.662. The molecule has 0 aliphatic heterocycles. The molecule has 2 nitrogen and oxygen atoms in total. The zero-order chi connectivity index (χ0) is 13.0. The van der Waals surface area contributed by atoms with Crippen molar-refractivity contribution in [3.8, 4) is 5.75 Å². The molecule has 4 heteroatoms.